The third-order valence-corrected chi connectivity index (χ3v) is 2.79. The highest BCUT2D eigenvalue weighted by Crippen LogP contribution is 2.28. The monoisotopic (exact) mass is 275 g/mol. The minimum atomic E-state index is -0.552. The molecule has 2 aromatic rings. The summed E-state index contributed by atoms with van der Waals surface area (Å²) in [6, 6.07) is 10.9. The molecule has 0 aliphatic heterocycles. The fraction of sp³-hybridized carbons (Fsp3) is 0.133. The zero-order valence-electron chi connectivity index (χ0n) is 10.9. The molecule has 0 bridgehead atoms. The van der Waals surface area contributed by atoms with Crippen LogP contribution in [0.15, 0.2) is 42.5 Å². The van der Waals surface area contributed by atoms with Gasteiger partial charge in [-0.2, -0.15) is 0 Å². The zero-order valence-corrected chi connectivity index (χ0v) is 10.9. The fourth-order valence-electron chi connectivity index (χ4n) is 1.71. The number of primary amides is 1. The van der Waals surface area contributed by atoms with Crippen LogP contribution in [-0.4, -0.2) is 13.0 Å². The third kappa shape index (κ3) is 3.06. The Morgan fingerprint density at radius 1 is 1.20 bits per heavy atom. The quantitative estimate of drug-likeness (QED) is 0.912. The Balaban J connectivity index is 2.17. The molecule has 20 heavy (non-hydrogen) atoms. The molecule has 4 nitrogen and oxygen atoms in total. The Hall–Kier alpha value is -2.56. The molecule has 0 atom stereocenters. The van der Waals surface area contributed by atoms with E-state index in [1.165, 1.54) is 25.3 Å². The van der Waals surface area contributed by atoms with E-state index in [-0.39, 0.29) is 12.4 Å². The second kappa shape index (κ2) is 6.06. The van der Waals surface area contributed by atoms with E-state index in [2.05, 4.69) is 0 Å². The number of halogens is 1. The summed E-state index contributed by atoms with van der Waals surface area (Å²) in [4.78, 5) is 11.1. The molecule has 5 heteroatoms. The molecule has 0 spiro atoms. The molecule has 104 valence electrons. The van der Waals surface area contributed by atoms with E-state index >= 15 is 0 Å². The maximum atomic E-state index is 13.5. The van der Waals surface area contributed by atoms with Gasteiger partial charge in [0.1, 0.15) is 12.4 Å². The summed E-state index contributed by atoms with van der Waals surface area (Å²) in [5.74, 6) is -0.0948. The Morgan fingerprint density at radius 3 is 2.60 bits per heavy atom. The van der Waals surface area contributed by atoms with Gasteiger partial charge in [0.15, 0.2) is 11.5 Å². The maximum absolute atomic E-state index is 13.5. The molecule has 0 fully saturated rings. The highest BCUT2D eigenvalue weighted by molar-refractivity contribution is 5.93. The first kappa shape index (κ1) is 13.9. The van der Waals surface area contributed by atoms with Crippen molar-refractivity contribution in [3.8, 4) is 11.5 Å². The van der Waals surface area contributed by atoms with Crippen molar-refractivity contribution in [2.24, 2.45) is 5.73 Å². The van der Waals surface area contributed by atoms with Gasteiger partial charge < -0.3 is 15.2 Å². The van der Waals surface area contributed by atoms with Gasteiger partial charge in [-0.1, -0.05) is 18.2 Å². The lowest BCUT2D eigenvalue weighted by Gasteiger charge is -2.11. The van der Waals surface area contributed by atoms with Gasteiger partial charge in [-0.3, -0.25) is 4.79 Å². The molecule has 0 heterocycles. The molecule has 1 amide bonds. The van der Waals surface area contributed by atoms with Crippen molar-refractivity contribution < 1.29 is 18.7 Å². The third-order valence-electron chi connectivity index (χ3n) is 2.79. The van der Waals surface area contributed by atoms with Crippen molar-refractivity contribution in [1.82, 2.24) is 0 Å². The van der Waals surface area contributed by atoms with Gasteiger partial charge in [-0.15, -0.1) is 0 Å². The molecule has 2 aromatic carbocycles. The van der Waals surface area contributed by atoms with Crippen LogP contribution in [0, 0.1) is 5.82 Å². The van der Waals surface area contributed by atoms with Crippen molar-refractivity contribution in [2.45, 2.75) is 6.61 Å². The van der Waals surface area contributed by atoms with Crippen LogP contribution in [0.1, 0.15) is 15.9 Å². The average molecular weight is 275 g/mol. The van der Waals surface area contributed by atoms with E-state index in [4.69, 9.17) is 15.2 Å². The maximum Gasteiger partial charge on any atom is 0.248 e. The summed E-state index contributed by atoms with van der Waals surface area (Å²) in [6.07, 6.45) is 0. The van der Waals surface area contributed by atoms with Crippen LogP contribution in [0.4, 0.5) is 4.39 Å². The number of amides is 1. The van der Waals surface area contributed by atoms with Crippen molar-refractivity contribution in [1.29, 1.82) is 0 Å². The van der Waals surface area contributed by atoms with E-state index in [1.807, 2.05) is 0 Å². The van der Waals surface area contributed by atoms with Crippen molar-refractivity contribution >= 4 is 5.91 Å². The Bertz CT molecular complexity index is 628. The van der Waals surface area contributed by atoms with Crippen LogP contribution in [0.25, 0.3) is 0 Å². The number of methoxy groups -OCH3 is 1. The van der Waals surface area contributed by atoms with Gasteiger partial charge >= 0.3 is 0 Å². The van der Waals surface area contributed by atoms with Gasteiger partial charge in [0.25, 0.3) is 0 Å². The van der Waals surface area contributed by atoms with Gasteiger partial charge in [-0.05, 0) is 24.3 Å². The number of rotatable bonds is 5. The first-order chi connectivity index (χ1) is 9.61. The number of nitrogens with two attached hydrogens (primary N) is 1. The number of hydrogen-bond donors (Lipinski definition) is 1. The predicted octanol–water partition coefficient (Wildman–Crippen LogP) is 2.51. The summed E-state index contributed by atoms with van der Waals surface area (Å²) in [5.41, 5.74) is 5.95. The predicted molar refractivity (Wildman–Crippen MR) is 72.2 cm³/mol. The summed E-state index contributed by atoms with van der Waals surface area (Å²) in [6.45, 7) is 0.0684. The first-order valence-electron chi connectivity index (χ1n) is 5.96. The molecule has 0 aliphatic carbocycles. The molecule has 2 rings (SSSR count). The van der Waals surface area contributed by atoms with Gasteiger partial charge in [0, 0.05) is 11.1 Å². The largest absolute Gasteiger partial charge is 0.493 e. The second-order valence-corrected chi connectivity index (χ2v) is 4.11. The SMILES string of the molecule is COc1cc(C(N)=O)ccc1OCc1ccccc1F. The lowest BCUT2D eigenvalue weighted by atomic mass is 10.2. The lowest BCUT2D eigenvalue weighted by Crippen LogP contribution is -2.11. The van der Waals surface area contributed by atoms with Crippen LogP contribution < -0.4 is 15.2 Å². The highest BCUT2D eigenvalue weighted by atomic mass is 19.1. The van der Waals surface area contributed by atoms with Crippen molar-refractivity contribution in [2.75, 3.05) is 7.11 Å². The Labute approximate surface area is 115 Å². The lowest BCUT2D eigenvalue weighted by molar-refractivity contribution is 0.1000. The fourth-order valence-corrected chi connectivity index (χ4v) is 1.71. The molecule has 0 unspecified atom stereocenters. The molecule has 0 radical (unpaired) electrons. The average Bonchev–Trinajstić information content (AvgIpc) is 2.46. The molecule has 0 saturated carbocycles. The smallest absolute Gasteiger partial charge is 0.248 e. The van der Waals surface area contributed by atoms with E-state index < -0.39 is 5.91 Å². The number of hydrogen-bond acceptors (Lipinski definition) is 3. The van der Waals surface area contributed by atoms with E-state index in [9.17, 15) is 9.18 Å². The van der Waals surface area contributed by atoms with E-state index in [0.29, 0.717) is 22.6 Å². The molecular formula is C15H14FNO3. The first-order valence-corrected chi connectivity index (χ1v) is 5.96. The zero-order chi connectivity index (χ0) is 14.5. The highest BCUT2D eigenvalue weighted by Gasteiger charge is 2.10. The minimum absolute atomic E-state index is 0.0684. The van der Waals surface area contributed by atoms with Crippen LogP contribution in [0.2, 0.25) is 0 Å². The molecule has 2 N–H and O–H groups in total. The van der Waals surface area contributed by atoms with E-state index in [0.717, 1.165) is 0 Å². The number of carbonyl (C=O) groups excluding carboxylic acids is 1. The van der Waals surface area contributed by atoms with Crippen LogP contribution in [-0.2, 0) is 6.61 Å². The van der Waals surface area contributed by atoms with Gasteiger partial charge in [0.05, 0.1) is 7.11 Å². The van der Waals surface area contributed by atoms with Crippen LogP contribution in [0.5, 0.6) is 11.5 Å². The van der Waals surface area contributed by atoms with Gasteiger partial charge in [0.2, 0.25) is 5.91 Å². The molecule has 0 aliphatic rings. The van der Waals surface area contributed by atoms with Gasteiger partial charge in [-0.25, -0.2) is 4.39 Å². The normalized spacial score (nSPS) is 10.1. The standard InChI is InChI=1S/C15H14FNO3/c1-19-14-8-10(15(17)18)6-7-13(14)20-9-11-4-2-3-5-12(11)16/h2-8H,9H2,1H3,(H2,17,18). The Morgan fingerprint density at radius 2 is 1.95 bits per heavy atom. The number of ether oxygens (including phenoxy) is 2. The molecule has 0 saturated heterocycles. The summed E-state index contributed by atoms with van der Waals surface area (Å²) >= 11 is 0. The topological polar surface area (TPSA) is 61.5 Å². The summed E-state index contributed by atoms with van der Waals surface area (Å²) in [7, 11) is 1.45. The van der Waals surface area contributed by atoms with Crippen molar-refractivity contribution in [3.05, 3.63) is 59.4 Å². The molecular weight excluding hydrogens is 261 g/mol. The number of carbonyl (C=O) groups is 1. The van der Waals surface area contributed by atoms with Crippen molar-refractivity contribution in [3.63, 3.8) is 0 Å². The van der Waals surface area contributed by atoms with Crippen LogP contribution >= 0.6 is 0 Å². The summed E-state index contributed by atoms with van der Waals surface area (Å²) < 4.78 is 24.1. The minimum Gasteiger partial charge on any atom is -0.493 e. The second-order valence-electron chi connectivity index (χ2n) is 4.11. The number of benzene rings is 2. The Kier molecular flexibility index (Phi) is 4.20. The summed E-state index contributed by atoms with van der Waals surface area (Å²) in [5, 5.41) is 0. The van der Waals surface area contributed by atoms with E-state index in [1.54, 1.807) is 24.3 Å². The molecule has 0 aromatic heterocycles. The van der Waals surface area contributed by atoms with Crippen LogP contribution in [0.3, 0.4) is 0 Å².